The van der Waals surface area contributed by atoms with Crippen molar-refractivity contribution in [3.8, 4) is 11.1 Å². The maximum atomic E-state index is 6.11. The minimum Gasteiger partial charge on any atom is -0.326 e. The number of nitrogens with one attached hydrogen (secondary N) is 1. The van der Waals surface area contributed by atoms with E-state index >= 15 is 0 Å². The van der Waals surface area contributed by atoms with Crippen LogP contribution in [-0.2, 0) is 0 Å². The van der Waals surface area contributed by atoms with Crippen molar-refractivity contribution in [2.75, 3.05) is 26.2 Å². The SMILES string of the molecule is NC1CCN(CCN[C@@H]2C[C@H]2c2ccc(-c3cc(Cl)cc(Cl)c3)cc2)C1. The number of rotatable bonds is 6. The van der Waals surface area contributed by atoms with Crippen LogP contribution in [0.15, 0.2) is 42.5 Å². The molecule has 138 valence electrons. The predicted molar refractivity (Wildman–Crippen MR) is 110 cm³/mol. The molecule has 5 heteroatoms. The summed E-state index contributed by atoms with van der Waals surface area (Å²) in [7, 11) is 0. The van der Waals surface area contributed by atoms with E-state index in [0.717, 1.165) is 43.7 Å². The Labute approximate surface area is 165 Å². The topological polar surface area (TPSA) is 41.3 Å². The molecule has 0 amide bonds. The van der Waals surface area contributed by atoms with Crippen LogP contribution in [0.1, 0.15) is 24.3 Å². The van der Waals surface area contributed by atoms with Crippen molar-refractivity contribution in [2.24, 2.45) is 5.73 Å². The standard InChI is InChI=1S/C21H25Cl2N3/c22-17-9-16(10-18(23)11-17)14-1-3-15(4-2-14)20-12-21(20)25-6-8-26-7-5-19(24)13-26/h1-4,9-11,19-21,25H,5-8,12-13,24H2/t19?,20-,21+/m0/s1. The average molecular weight is 390 g/mol. The number of benzene rings is 2. The van der Waals surface area contributed by atoms with Crippen molar-refractivity contribution < 1.29 is 0 Å². The summed E-state index contributed by atoms with van der Waals surface area (Å²) >= 11 is 12.2. The molecule has 3 nitrogen and oxygen atoms in total. The highest BCUT2D eigenvalue weighted by Crippen LogP contribution is 2.41. The normalized spacial score (nSPS) is 25.6. The number of likely N-dealkylation sites (tertiary alicyclic amines) is 1. The second-order valence-corrected chi connectivity index (χ2v) is 8.41. The van der Waals surface area contributed by atoms with E-state index in [0.29, 0.717) is 28.0 Å². The first-order valence-electron chi connectivity index (χ1n) is 9.36. The predicted octanol–water partition coefficient (Wildman–Crippen LogP) is 4.14. The van der Waals surface area contributed by atoms with Crippen LogP contribution in [0.3, 0.4) is 0 Å². The lowest BCUT2D eigenvalue weighted by Crippen LogP contribution is -2.33. The van der Waals surface area contributed by atoms with E-state index in [2.05, 4.69) is 34.5 Å². The fraction of sp³-hybridized carbons (Fsp3) is 0.429. The van der Waals surface area contributed by atoms with Gasteiger partial charge in [-0.05, 0) is 54.3 Å². The molecule has 0 aromatic heterocycles. The second kappa shape index (κ2) is 7.87. The van der Waals surface area contributed by atoms with E-state index in [1.807, 2.05) is 12.1 Å². The minimum atomic E-state index is 0.372. The van der Waals surface area contributed by atoms with Crippen LogP contribution >= 0.6 is 23.2 Å². The monoisotopic (exact) mass is 389 g/mol. The summed E-state index contributed by atoms with van der Waals surface area (Å²) in [5.74, 6) is 0.632. The van der Waals surface area contributed by atoms with Gasteiger partial charge in [-0.25, -0.2) is 0 Å². The number of hydrogen-bond acceptors (Lipinski definition) is 3. The zero-order chi connectivity index (χ0) is 18.1. The van der Waals surface area contributed by atoms with E-state index in [1.165, 1.54) is 12.0 Å². The largest absolute Gasteiger partial charge is 0.326 e. The molecule has 26 heavy (non-hydrogen) atoms. The van der Waals surface area contributed by atoms with Gasteiger partial charge in [0.25, 0.3) is 0 Å². The number of hydrogen-bond donors (Lipinski definition) is 2. The van der Waals surface area contributed by atoms with E-state index in [1.54, 1.807) is 6.07 Å². The quantitative estimate of drug-likeness (QED) is 0.779. The highest BCUT2D eigenvalue weighted by atomic mass is 35.5. The molecule has 0 spiro atoms. The molecular weight excluding hydrogens is 365 g/mol. The van der Waals surface area contributed by atoms with Gasteiger partial charge in [-0.2, -0.15) is 0 Å². The Hall–Kier alpha value is -1.10. The summed E-state index contributed by atoms with van der Waals surface area (Å²) in [6, 6.07) is 15.4. The zero-order valence-electron chi connectivity index (χ0n) is 14.8. The van der Waals surface area contributed by atoms with Gasteiger partial charge in [0, 0.05) is 47.7 Å². The number of nitrogens with zero attached hydrogens (tertiary/aromatic N) is 1. The van der Waals surface area contributed by atoms with E-state index in [4.69, 9.17) is 28.9 Å². The third-order valence-corrected chi connectivity index (χ3v) is 5.90. The molecule has 1 aliphatic carbocycles. The lowest BCUT2D eigenvalue weighted by molar-refractivity contribution is 0.331. The lowest BCUT2D eigenvalue weighted by Gasteiger charge is -2.15. The molecule has 1 aliphatic heterocycles. The summed E-state index contributed by atoms with van der Waals surface area (Å²) in [5, 5.41) is 5.03. The molecule has 2 aromatic rings. The van der Waals surface area contributed by atoms with Gasteiger partial charge >= 0.3 is 0 Å². The Morgan fingerprint density at radius 3 is 2.42 bits per heavy atom. The van der Waals surface area contributed by atoms with Crippen molar-refractivity contribution in [3.63, 3.8) is 0 Å². The van der Waals surface area contributed by atoms with Gasteiger partial charge in [0.1, 0.15) is 0 Å². The van der Waals surface area contributed by atoms with Gasteiger partial charge < -0.3 is 16.0 Å². The Bertz CT molecular complexity index is 742. The van der Waals surface area contributed by atoms with Gasteiger partial charge in [-0.1, -0.05) is 47.5 Å². The summed E-state index contributed by atoms with van der Waals surface area (Å²) < 4.78 is 0. The zero-order valence-corrected chi connectivity index (χ0v) is 16.3. The van der Waals surface area contributed by atoms with Crippen LogP contribution in [0.4, 0.5) is 0 Å². The van der Waals surface area contributed by atoms with E-state index in [-0.39, 0.29) is 0 Å². The van der Waals surface area contributed by atoms with Gasteiger partial charge in [0.05, 0.1) is 0 Å². The third-order valence-electron chi connectivity index (χ3n) is 5.47. The van der Waals surface area contributed by atoms with Crippen LogP contribution < -0.4 is 11.1 Å². The number of nitrogens with two attached hydrogens (primary N) is 1. The first-order valence-corrected chi connectivity index (χ1v) is 10.1. The highest BCUT2D eigenvalue weighted by molar-refractivity contribution is 6.35. The maximum absolute atomic E-state index is 6.11. The molecule has 2 aromatic carbocycles. The minimum absolute atomic E-state index is 0.372. The molecule has 3 N–H and O–H groups in total. The van der Waals surface area contributed by atoms with Gasteiger partial charge in [-0.3, -0.25) is 0 Å². The van der Waals surface area contributed by atoms with Crippen molar-refractivity contribution in [1.29, 1.82) is 0 Å². The average Bonchev–Trinajstić information content (AvgIpc) is 3.27. The van der Waals surface area contributed by atoms with Gasteiger partial charge in [-0.15, -0.1) is 0 Å². The van der Waals surface area contributed by atoms with Crippen molar-refractivity contribution in [3.05, 3.63) is 58.1 Å². The fourth-order valence-electron chi connectivity index (χ4n) is 3.91. The van der Waals surface area contributed by atoms with Crippen molar-refractivity contribution in [1.82, 2.24) is 10.2 Å². The molecule has 1 saturated carbocycles. The molecule has 1 saturated heterocycles. The first-order chi connectivity index (χ1) is 12.6. The molecule has 1 heterocycles. The summed E-state index contributed by atoms with van der Waals surface area (Å²) in [5.41, 5.74) is 9.57. The van der Waals surface area contributed by atoms with Crippen LogP contribution in [0.25, 0.3) is 11.1 Å². The Balaban J connectivity index is 1.29. The molecule has 0 bridgehead atoms. The molecule has 3 atom stereocenters. The van der Waals surface area contributed by atoms with Crippen LogP contribution in [-0.4, -0.2) is 43.2 Å². The fourth-order valence-corrected chi connectivity index (χ4v) is 4.43. The van der Waals surface area contributed by atoms with Gasteiger partial charge in [0.2, 0.25) is 0 Å². The molecule has 2 aliphatic rings. The second-order valence-electron chi connectivity index (χ2n) is 7.53. The Kier molecular flexibility index (Phi) is 5.53. The molecule has 1 unspecified atom stereocenters. The first kappa shape index (κ1) is 18.3. The smallest absolute Gasteiger partial charge is 0.0426 e. The Morgan fingerprint density at radius 2 is 1.77 bits per heavy atom. The van der Waals surface area contributed by atoms with Gasteiger partial charge in [0.15, 0.2) is 0 Å². The summed E-state index contributed by atoms with van der Waals surface area (Å²) in [6.45, 7) is 4.34. The lowest BCUT2D eigenvalue weighted by atomic mass is 10.0. The third kappa shape index (κ3) is 4.41. The van der Waals surface area contributed by atoms with E-state index in [9.17, 15) is 0 Å². The summed E-state index contributed by atoms with van der Waals surface area (Å²) in [6.07, 6.45) is 2.36. The molecule has 0 radical (unpaired) electrons. The van der Waals surface area contributed by atoms with Crippen molar-refractivity contribution >= 4 is 23.2 Å². The maximum Gasteiger partial charge on any atom is 0.0426 e. The highest BCUT2D eigenvalue weighted by Gasteiger charge is 2.37. The number of halogens is 2. The van der Waals surface area contributed by atoms with Crippen LogP contribution in [0.5, 0.6) is 0 Å². The summed E-state index contributed by atoms with van der Waals surface area (Å²) in [4.78, 5) is 2.46. The van der Waals surface area contributed by atoms with Crippen LogP contribution in [0, 0.1) is 0 Å². The molecule has 4 rings (SSSR count). The van der Waals surface area contributed by atoms with Crippen molar-refractivity contribution in [2.45, 2.75) is 30.8 Å². The van der Waals surface area contributed by atoms with E-state index < -0.39 is 0 Å². The Morgan fingerprint density at radius 1 is 1.04 bits per heavy atom. The van der Waals surface area contributed by atoms with Crippen LogP contribution in [0.2, 0.25) is 10.0 Å². The molecule has 2 fully saturated rings. The molecular formula is C21H25Cl2N3.